The number of carbonyl (C=O) groups is 1. The van der Waals surface area contributed by atoms with E-state index in [0.29, 0.717) is 41.2 Å². The molecule has 1 unspecified atom stereocenters. The molecule has 1 fully saturated rings. The molecule has 1 aromatic heterocycles. The molecule has 0 spiro atoms. The van der Waals surface area contributed by atoms with E-state index in [1.165, 1.54) is 17.4 Å². The van der Waals surface area contributed by atoms with Gasteiger partial charge in [0.2, 0.25) is 0 Å². The largest absolute Gasteiger partial charge is 0.472 e. The summed E-state index contributed by atoms with van der Waals surface area (Å²) in [5.41, 5.74) is 7.55. The fourth-order valence-corrected chi connectivity index (χ4v) is 2.79. The van der Waals surface area contributed by atoms with E-state index < -0.39 is 11.9 Å². The van der Waals surface area contributed by atoms with Gasteiger partial charge in [-0.15, -0.1) is 0 Å². The van der Waals surface area contributed by atoms with E-state index in [1.54, 1.807) is 24.3 Å². The summed E-state index contributed by atoms with van der Waals surface area (Å²) in [6, 6.07) is 6.39. The van der Waals surface area contributed by atoms with Gasteiger partial charge in [-0.05, 0) is 30.7 Å². The van der Waals surface area contributed by atoms with E-state index in [4.69, 9.17) is 31.1 Å². The van der Waals surface area contributed by atoms with Gasteiger partial charge >= 0.3 is 5.97 Å². The third kappa shape index (κ3) is 3.49. The first-order valence-corrected chi connectivity index (χ1v) is 8.07. The molecule has 8 heteroatoms. The summed E-state index contributed by atoms with van der Waals surface area (Å²) in [5, 5.41) is 23.3. The lowest BCUT2D eigenvalue weighted by Crippen LogP contribution is -2.42. The van der Waals surface area contributed by atoms with Gasteiger partial charge in [-0.2, -0.15) is 0 Å². The Bertz CT molecular complexity index is 860. The third-order valence-corrected chi connectivity index (χ3v) is 4.30. The number of likely N-dealkylation sites (tertiary alicyclic amines) is 1. The first-order valence-electron chi connectivity index (χ1n) is 8.07. The van der Waals surface area contributed by atoms with Crippen molar-refractivity contribution < 1.29 is 13.9 Å². The minimum absolute atomic E-state index is 0.176. The first kappa shape index (κ1) is 17.4. The second kappa shape index (κ2) is 7.22. The van der Waals surface area contributed by atoms with Crippen molar-refractivity contribution >= 4 is 29.5 Å². The SMILES string of the molecule is N=CN1CC(C(=O)Oc2ccc(N)c(C(=N)c3ccoc3)c2)CCC1=N. The van der Waals surface area contributed by atoms with Crippen molar-refractivity contribution in [3.05, 3.63) is 47.9 Å². The summed E-state index contributed by atoms with van der Waals surface area (Å²) in [7, 11) is 0. The van der Waals surface area contributed by atoms with Crippen molar-refractivity contribution in [2.45, 2.75) is 12.8 Å². The van der Waals surface area contributed by atoms with Gasteiger partial charge in [0.1, 0.15) is 11.6 Å². The number of nitrogens with two attached hydrogens (primary N) is 1. The van der Waals surface area contributed by atoms with Crippen LogP contribution >= 0.6 is 0 Å². The summed E-state index contributed by atoms with van der Waals surface area (Å²) in [4.78, 5) is 13.9. The molecule has 1 aliphatic heterocycles. The second-order valence-electron chi connectivity index (χ2n) is 6.02. The predicted octanol–water partition coefficient (Wildman–Crippen LogP) is 2.48. The summed E-state index contributed by atoms with van der Waals surface area (Å²) in [6.07, 6.45) is 4.90. The molecule has 5 N–H and O–H groups in total. The van der Waals surface area contributed by atoms with Gasteiger partial charge in [0.15, 0.2) is 0 Å². The first-order chi connectivity index (χ1) is 12.5. The molecule has 0 aliphatic carbocycles. The van der Waals surface area contributed by atoms with E-state index in [9.17, 15) is 4.79 Å². The van der Waals surface area contributed by atoms with E-state index >= 15 is 0 Å². The molecule has 3 rings (SSSR count). The van der Waals surface area contributed by atoms with Crippen molar-refractivity contribution in [3.63, 3.8) is 0 Å². The van der Waals surface area contributed by atoms with Crippen LogP contribution in [0.25, 0.3) is 0 Å². The van der Waals surface area contributed by atoms with E-state index in [0.717, 1.165) is 6.34 Å². The van der Waals surface area contributed by atoms with Crippen LogP contribution in [0.3, 0.4) is 0 Å². The molecule has 0 bridgehead atoms. The van der Waals surface area contributed by atoms with E-state index in [2.05, 4.69) is 0 Å². The summed E-state index contributed by atoms with van der Waals surface area (Å²) < 4.78 is 10.5. The Hall–Kier alpha value is -3.42. The highest BCUT2D eigenvalue weighted by atomic mass is 16.5. The Morgan fingerprint density at radius 3 is 2.88 bits per heavy atom. The fourth-order valence-electron chi connectivity index (χ4n) is 2.79. The molecule has 0 radical (unpaired) electrons. The summed E-state index contributed by atoms with van der Waals surface area (Å²) in [5.74, 6) is -0.211. The highest BCUT2D eigenvalue weighted by Crippen LogP contribution is 2.25. The lowest BCUT2D eigenvalue weighted by atomic mass is 9.98. The number of esters is 1. The number of benzene rings is 1. The molecule has 1 atom stereocenters. The molecular formula is C18H19N5O3. The summed E-state index contributed by atoms with van der Waals surface area (Å²) in [6.45, 7) is 0.258. The van der Waals surface area contributed by atoms with E-state index in [1.807, 2.05) is 0 Å². The minimum atomic E-state index is -0.421. The lowest BCUT2D eigenvalue weighted by molar-refractivity contribution is -0.139. The average molecular weight is 353 g/mol. The topological polar surface area (TPSA) is 140 Å². The Kier molecular flexibility index (Phi) is 4.83. The molecule has 134 valence electrons. The number of ether oxygens (including phenoxy) is 1. The standard InChI is InChI=1S/C18H19N5O3/c19-10-23-8-11(1-4-16(23)21)18(24)26-13-2-3-15(20)14(7-13)17(22)12-5-6-25-9-12/h2-3,5-7,9-11,19,21-22H,1,4,8,20H2. The molecule has 0 saturated carbocycles. The molecule has 1 saturated heterocycles. The highest BCUT2D eigenvalue weighted by molar-refractivity contribution is 6.13. The molecule has 1 aromatic carbocycles. The van der Waals surface area contributed by atoms with Crippen LogP contribution in [0.4, 0.5) is 5.69 Å². The Balaban J connectivity index is 1.75. The van der Waals surface area contributed by atoms with Gasteiger partial charge < -0.3 is 19.8 Å². The molecule has 8 nitrogen and oxygen atoms in total. The van der Waals surface area contributed by atoms with Crippen LogP contribution in [0.15, 0.2) is 41.2 Å². The zero-order valence-electron chi connectivity index (χ0n) is 14.0. The Morgan fingerprint density at radius 1 is 1.38 bits per heavy atom. The molecule has 2 heterocycles. The third-order valence-electron chi connectivity index (χ3n) is 4.30. The Labute approximate surface area is 150 Å². The highest BCUT2D eigenvalue weighted by Gasteiger charge is 2.29. The number of anilines is 1. The second-order valence-corrected chi connectivity index (χ2v) is 6.02. The van der Waals surface area contributed by atoms with Crippen LogP contribution in [0, 0.1) is 22.1 Å². The Morgan fingerprint density at radius 2 is 2.19 bits per heavy atom. The molecular weight excluding hydrogens is 334 g/mol. The monoisotopic (exact) mass is 353 g/mol. The lowest BCUT2D eigenvalue weighted by Gasteiger charge is -2.29. The maximum Gasteiger partial charge on any atom is 0.316 e. The molecule has 2 aromatic rings. The van der Waals surface area contributed by atoms with Crippen LogP contribution < -0.4 is 10.5 Å². The zero-order valence-corrected chi connectivity index (χ0v) is 14.0. The number of nitrogens with one attached hydrogen (secondary N) is 3. The number of rotatable bonds is 5. The van der Waals surface area contributed by atoms with Gasteiger partial charge in [0.25, 0.3) is 0 Å². The van der Waals surface area contributed by atoms with Crippen LogP contribution in [0.1, 0.15) is 24.0 Å². The van der Waals surface area contributed by atoms with Gasteiger partial charge in [0.05, 0.1) is 30.5 Å². The van der Waals surface area contributed by atoms with Crippen LogP contribution in [-0.2, 0) is 4.79 Å². The van der Waals surface area contributed by atoms with Crippen molar-refractivity contribution in [1.82, 2.24) is 4.90 Å². The van der Waals surface area contributed by atoms with Gasteiger partial charge in [-0.25, -0.2) is 0 Å². The number of amidine groups is 1. The quantitative estimate of drug-likeness (QED) is 0.215. The van der Waals surface area contributed by atoms with Crippen molar-refractivity contribution in [2.75, 3.05) is 12.3 Å². The number of nitrogen functional groups attached to an aromatic ring is 1. The van der Waals surface area contributed by atoms with Crippen LogP contribution in [0.5, 0.6) is 5.75 Å². The number of hydrogen-bond acceptors (Lipinski definition) is 7. The van der Waals surface area contributed by atoms with Gasteiger partial charge in [-0.1, -0.05) is 0 Å². The smallest absolute Gasteiger partial charge is 0.316 e. The van der Waals surface area contributed by atoms with Crippen LogP contribution in [0.2, 0.25) is 0 Å². The number of carbonyl (C=O) groups excluding carboxylic acids is 1. The maximum atomic E-state index is 12.4. The fraction of sp³-hybridized carbons (Fsp3) is 0.222. The van der Waals surface area contributed by atoms with Gasteiger partial charge in [-0.3, -0.25) is 21.0 Å². The molecule has 1 aliphatic rings. The normalized spacial score (nSPS) is 17.0. The average Bonchev–Trinajstić information content (AvgIpc) is 3.17. The number of hydrogen-bond donors (Lipinski definition) is 4. The number of furan rings is 1. The van der Waals surface area contributed by atoms with Crippen molar-refractivity contribution in [3.8, 4) is 5.75 Å². The zero-order chi connectivity index (χ0) is 18.7. The van der Waals surface area contributed by atoms with Crippen molar-refractivity contribution in [2.24, 2.45) is 5.92 Å². The van der Waals surface area contributed by atoms with Crippen LogP contribution in [-0.4, -0.2) is 35.3 Å². The summed E-state index contributed by atoms with van der Waals surface area (Å²) >= 11 is 0. The van der Waals surface area contributed by atoms with Gasteiger partial charge in [0, 0.05) is 29.8 Å². The predicted molar refractivity (Wildman–Crippen MR) is 97.1 cm³/mol. The van der Waals surface area contributed by atoms with E-state index in [-0.39, 0.29) is 12.3 Å². The maximum absolute atomic E-state index is 12.4. The number of piperidine rings is 1. The molecule has 0 amide bonds. The molecule has 26 heavy (non-hydrogen) atoms. The number of nitrogens with zero attached hydrogens (tertiary/aromatic N) is 1. The minimum Gasteiger partial charge on any atom is -0.472 e. The van der Waals surface area contributed by atoms with Crippen molar-refractivity contribution in [1.29, 1.82) is 16.2 Å².